The molecule has 0 aromatic carbocycles. The fourth-order valence-corrected chi connectivity index (χ4v) is 2.16. The highest BCUT2D eigenvalue weighted by Crippen LogP contribution is 2.09. The van der Waals surface area contributed by atoms with Gasteiger partial charge in [-0.05, 0) is 32.7 Å². The first-order chi connectivity index (χ1) is 7.18. The Hall–Kier alpha value is -0.330. The number of thiocarbonyl (C=S) groups is 1. The number of hydrogen-bond donors (Lipinski definition) is 2. The number of hydrogen-bond acceptors (Lipinski definition) is 4. The van der Waals surface area contributed by atoms with Crippen molar-refractivity contribution in [3.8, 4) is 0 Å². The molecular formula is C9H18N4S2. The number of aliphatic imine (C=N–C) groups is 1. The van der Waals surface area contributed by atoms with E-state index in [0.717, 1.165) is 37.0 Å². The minimum Gasteiger partial charge on any atom is -0.361 e. The van der Waals surface area contributed by atoms with Gasteiger partial charge in [0.25, 0.3) is 0 Å². The average molecular weight is 246 g/mol. The summed E-state index contributed by atoms with van der Waals surface area (Å²) in [6, 6.07) is 0. The van der Waals surface area contributed by atoms with E-state index in [4.69, 9.17) is 12.2 Å². The monoisotopic (exact) mass is 246 g/mol. The van der Waals surface area contributed by atoms with Gasteiger partial charge in [0.1, 0.15) is 0 Å². The molecule has 86 valence electrons. The summed E-state index contributed by atoms with van der Waals surface area (Å²) in [6.45, 7) is 2.74. The molecule has 1 rings (SSSR count). The largest absolute Gasteiger partial charge is 0.361 e. The van der Waals surface area contributed by atoms with Crippen LogP contribution in [0, 0.1) is 0 Å². The normalized spacial score (nSPS) is 16.1. The van der Waals surface area contributed by atoms with Crippen LogP contribution in [-0.4, -0.2) is 54.7 Å². The molecule has 0 radical (unpaired) electrons. The van der Waals surface area contributed by atoms with Gasteiger partial charge in [-0.15, -0.1) is 0 Å². The molecule has 4 nitrogen and oxygen atoms in total. The molecule has 0 bridgehead atoms. The molecule has 1 aliphatic heterocycles. The zero-order chi connectivity index (χ0) is 11.1. The maximum absolute atomic E-state index is 5.15. The summed E-state index contributed by atoms with van der Waals surface area (Å²) in [5.41, 5.74) is 0. The molecule has 2 N–H and O–H groups in total. The van der Waals surface area contributed by atoms with Gasteiger partial charge in [-0.3, -0.25) is 4.99 Å². The van der Waals surface area contributed by atoms with Crippen molar-refractivity contribution < 1.29 is 0 Å². The van der Waals surface area contributed by atoms with Crippen molar-refractivity contribution in [3.05, 3.63) is 0 Å². The second-order valence-corrected chi connectivity index (χ2v) is 5.06. The third-order valence-corrected chi connectivity index (χ3v) is 3.11. The van der Waals surface area contributed by atoms with E-state index in [0.29, 0.717) is 5.11 Å². The Morgan fingerprint density at radius 2 is 2.40 bits per heavy atom. The number of rotatable bonds is 3. The topological polar surface area (TPSA) is 39.7 Å². The molecule has 0 spiro atoms. The molecule has 1 aliphatic rings. The van der Waals surface area contributed by atoms with Crippen LogP contribution < -0.4 is 10.6 Å². The zero-order valence-corrected chi connectivity index (χ0v) is 10.9. The van der Waals surface area contributed by atoms with Gasteiger partial charge in [-0.2, -0.15) is 0 Å². The van der Waals surface area contributed by atoms with Crippen LogP contribution >= 0.6 is 24.0 Å². The zero-order valence-electron chi connectivity index (χ0n) is 9.25. The van der Waals surface area contributed by atoms with E-state index in [2.05, 4.69) is 20.5 Å². The molecule has 0 aliphatic carbocycles. The van der Waals surface area contributed by atoms with Gasteiger partial charge in [0.15, 0.2) is 10.3 Å². The number of likely N-dealkylation sites (N-methyl/N-ethyl adjacent to an activating group) is 1. The van der Waals surface area contributed by atoms with Crippen molar-refractivity contribution in [1.82, 2.24) is 15.5 Å². The summed E-state index contributed by atoms with van der Waals surface area (Å²) in [7, 11) is 4.08. The van der Waals surface area contributed by atoms with Crippen LogP contribution in [0.25, 0.3) is 0 Å². The molecule has 1 heterocycles. The number of nitrogens with one attached hydrogen (secondary N) is 2. The van der Waals surface area contributed by atoms with Crippen LogP contribution in [-0.2, 0) is 0 Å². The fraction of sp³-hybridized carbons (Fsp3) is 0.778. The number of amidine groups is 1. The first-order valence-corrected chi connectivity index (χ1v) is 6.44. The maximum Gasteiger partial charge on any atom is 0.172 e. The molecule has 0 unspecified atom stereocenters. The first-order valence-electron chi connectivity index (χ1n) is 5.05. The highest BCUT2D eigenvalue weighted by molar-refractivity contribution is 8.14. The second kappa shape index (κ2) is 7.03. The van der Waals surface area contributed by atoms with Crippen molar-refractivity contribution in [3.63, 3.8) is 0 Å². The van der Waals surface area contributed by atoms with Crippen molar-refractivity contribution in [2.45, 2.75) is 6.42 Å². The lowest BCUT2D eigenvalue weighted by atomic mass is 10.5. The molecule has 0 amide bonds. The summed E-state index contributed by atoms with van der Waals surface area (Å²) < 4.78 is 0. The molecule has 0 saturated heterocycles. The smallest absolute Gasteiger partial charge is 0.172 e. The molecule has 6 heteroatoms. The van der Waals surface area contributed by atoms with Crippen molar-refractivity contribution in [2.24, 2.45) is 4.99 Å². The predicted molar refractivity (Wildman–Crippen MR) is 71.7 cm³/mol. The Kier molecular flexibility index (Phi) is 5.97. The minimum atomic E-state index is 0.671. The predicted octanol–water partition coefficient (Wildman–Crippen LogP) is 0.505. The lowest BCUT2D eigenvalue weighted by molar-refractivity contribution is 0.413. The standard InChI is InChI=1S/C9H18N4S2/c1-13(2)6-5-10-8(14)12-9-11-4-3-7-15-9/h3-7H2,1-2H3,(H2,10,11,12,14). The third kappa shape index (κ3) is 5.96. The van der Waals surface area contributed by atoms with Gasteiger partial charge in [-0.1, -0.05) is 11.8 Å². The Balaban J connectivity index is 2.15. The lowest BCUT2D eigenvalue weighted by Gasteiger charge is -2.16. The molecule has 0 fully saturated rings. The van der Waals surface area contributed by atoms with Crippen molar-refractivity contribution >= 4 is 34.3 Å². The highest BCUT2D eigenvalue weighted by Gasteiger charge is 2.06. The van der Waals surface area contributed by atoms with E-state index in [-0.39, 0.29) is 0 Å². The van der Waals surface area contributed by atoms with E-state index < -0.39 is 0 Å². The Bertz CT molecular complexity index is 240. The Morgan fingerprint density at radius 1 is 1.60 bits per heavy atom. The first kappa shape index (κ1) is 12.7. The maximum atomic E-state index is 5.15. The van der Waals surface area contributed by atoms with E-state index >= 15 is 0 Å². The van der Waals surface area contributed by atoms with Crippen LogP contribution in [0.5, 0.6) is 0 Å². The van der Waals surface area contributed by atoms with E-state index in [1.165, 1.54) is 0 Å². The number of thioether (sulfide) groups is 1. The van der Waals surface area contributed by atoms with Gasteiger partial charge in [0.05, 0.1) is 0 Å². The summed E-state index contributed by atoms with van der Waals surface area (Å²) in [4.78, 5) is 6.46. The summed E-state index contributed by atoms with van der Waals surface area (Å²) in [5.74, 6) is 1.13. The second-order valence-electron chi connectivity index (χ2n) is 3.57. The SMILES string of the molecule is CN(C)CCNC(=S)NC1=NCCCS1. The Labute approximate surface area is 101 Å². The van der Waals surface area contributed by atoms with Gasteiger partial charge in [0, 0.05) is 25.4 Å². The lowest BCUT2D eigenvalue weighted by Crippen LogP contribution is -2.41. The van der Waals surface area contributed by atoms with E-state index in [1.54, 1.807) is 11.8 Å². The average Bonchev–Trinajstić information content (AvgIpc) is 2.18. The Morgan fingerprint density at radius 3 is 3.00 bits per heavy atom. The van der Waals surface area contributed by atoms with Gasteiger partial charge in [0.2, 0.25) is 0 Å². The van der Waals surface area contributed by atoms with Gasteiger partial charge in [-0.25, -0.2) is 0 Å². The van der Waals surface area contributed by atoms with Crippen molar-refractivity contribution in [1.29, 1.82) is 0 Å². The molecule has 15 heavy (non-hydrogen) atoms. The molecule has 0 saturated carbocycles. The highest BCUT2D eigenvalue weighted by atomic mass is 32.2. The van der Waals surface area contributed by atoms with Crippen LogP contribution in [0.1, 0.15) is 6.42 Å². The quantitative estimate of drug-likeness (QED) is 0.710. The van der Waals surface area contributed by atoms with Crippen molar-refractivity contribution in [2.75, 3.05) is 39.5 Å². The molecular weight excluding hydrogens is 228 g/mol. The minimum absolute atomic E-state index is 0.671. The van der Waals surface area contributed by atoms with E-state index in [1.807, 2.05) is 14.1 Å². The summed E-state index contributed by atoms with van der Waals surface area (Å²) >= 11 is 6.88. The summed E-state index contributed by atoms with van der Waals surface area (Å²) in [6.07, 6.45) is 1.16. The molecule has 0 atom stereocenters. The third-order valence-electron chi connectivity index (χ3n) is 1.86. The van der Waals surface area contributed by atoms with Crippen LogP contribution in [0.15, 0.2) is 4.99 Å². The van der Waals surface area contributed by atoms with Gasteiger partial charge >= 0.3 is 0 Å². The summed E-state index contributed by atoms with van der Waals surface area (Å²) in [5, 5.41) is 7.87. The van der Waals surface area contributed by atoms with Crippen LogP contribution in [0.2, 0.25) is 0 Å². The fourth-order valence-electron chi connectivity index (χ4n) is 1.07. The van der Waals surface area contributed by atoms with E-state index in [9.17, 15) is 0 Å². The van der Waals surface area contributed by atoms with Gasteiger partial charge < -0.3 is 15.5 Å². The van der Waals surface area contributed by atoms with Crippen LogP contribution in [0.3, 0.4) is 0 Å². The molecule has 0 aromatic rings. The van der Waals surface area contributed by atoms with Crippen LogP contribution in [0.4, 0.5) is 0 Å². The number of nitrogens with zero attached hydrogens (tertiary/aromatic N) is 2. The molecule has 0 aromatic heterocycles.